The first-order valence-corrected chi connectivity index (χ1v) is 5.96. The van der Waals surface area contributed by atoms with Crippen molar-refractivity contribution < 1.29 is 14.5 Å². The number of nitrogens with zero attached hydrogens (tertiary/aromatic N) is 1. The molecule has 0 aliphatic carbocycles. The van der Waals surface area contributed by atoms with Crippen LogP contribution < -0.4 is 15.4 Å². The molecule has 1 unspecified atom stereocenters. The van der Waals surface area contributed by atoms with Gasteiger partial charge in [0, 0.05) is 19.0 Å². The van der Waals surface area contributed by atoms with Gasteiger partial charge in [0.2, 0.25) is 5.91 Å². The fourth-order valence-corrected chi connectivity index (χ4v) is 1.99. The van der Waals surface area contributed by atoms with Gasteiger partial charge in [-0.15, -0.1) is 0 Å². The SMILES string of the molecule is COc1ccc(NC2CCC(=O)NC2)c([N+](=O)[O-])c1. The maximum absolute atomic E-state index is 11.1. The van der Waals surface area contributed by atoms with Crippen LogP contribution in [0.4, 0.5) is 11.4 Å². The summed E-state index contributed by atoms with van der Waals surface area (Å²) in [6.45, 7) is 0.474. The van der Waals surface area contributed by atoms with E-state index in [1.165, 1.54) is 13.2 Å². The summed E-state index contributed by atoms with van der Waals surface area (Å²) in [5.41, 5.74) is 0.406. The minimum absolute atomic E-state index is 0.00444. The van der Waals surface area contributed by atoms with Crippen LogP contribution in [0.1, 0.15) is 12.8 Å². The number of anilines is 1. The van der Waals surface area contributed by atoms with E-state index < -0.39 is 4.92 Å². The summed E-state index contributed by atoms with van der Waals surface area (Å²) in [5.74, 6) is 0.455. The predicted octanol–water partition coefficient (Wildman–Crippen LogP) is 1.29. The van der Waals surface area contributed by atoms with E-state index >= 15 is 0 Å². The number of nitrogens with one attached hydrogen (secondary N) is 2. The molecule has 7 heteroatoms. The molecule has 1 aromatic rings. The van der Waals surface area contributed by atoms with E-state index in [-0.39, 0.29) is 17.6 Å². The second-order valence-electron chi connectivity index (χ2n) is 4.32. The average Bonchev–Trinajstić information content (AvgIpc) is 2.41. The molecule has 19 heavy (non-hydrogen) atoms. The second kappa shape index (κ2) is 5.55. The van der Waals surface area contributed by atoms with Crippen LogP contribution in [0.5, 0.6) is 5.75 Å². The zero-order valence-corrected chi connectivity index (χ0v) is 10.5. The molecule has 1 fully saturated rings. The van der Waals surface area contributed by atoms with Gasteiger partial charge in [-0.1, -0.05) is 0 Å². The number of hydrogen-bond acceptors (Lipinski definition) is 5. The molecular formula is C12H15N3O4. The van der Waals surface area contributed by atoms with Crippen LogP contribution in [0.2, 0.25) is 0 Å². The fourth-order valence-electron chi connectivity index (χ4n) is 1.99. The standard InChI is InChI=1S/C12H15N3O4/c1-19-9-3-4-10(11(6-9)15(17)18)14-8-2-5-12(16)13-7-8/h3-4,6,8,14H,2,5,7H2,1H3,(H,13,16). The van der Waals surface area contributed by atoms with Crippen molar-refractivity contribution >= 4 is 17.3 Å². The number of methoxy groups -OCH3 is 1. The first kappa shape index (κ1) is 13.1. The zero-order chi connectivity index (χ0) is 13.8. The third-order valence-corrected chi connectivity index (χ3v) is 3.03. The Bertz CT molecular complexity index is 494. The predicted molar refractivity (Wildman–Crippen MR) is 69.3 cm³/mol. The number of nitro groups is 1. The lowest BCUT2D eigenvalue weighted by Gasteiger charge is -2.24. The summed E-state index contributed by atoms with van der Waals surface area (Å²) in [6, 6.07) is 4.67. The quantitative estimate of drug-likeness (QED) is 0.632. The molecule has 0 bridgehead atoms. The van der Waals surface area contributed by atoms with E-state index in [1.807, 2.05) is 0 Å². The van der Waals surface area contributed by atoms with Gasteiger partial charge in [-0.25, -0.2) is 0 Å². The highest BCUT2D eigenvalue weighted by Gasteiger charge is 2.21. The molecule has 7 nitrogen and oxygen atoms in total. The summed E-state index contributed by atoms with van der Waals surface area (Å²) in [6.07, 6.45) is 1.09. The molecule has 0 radical (unpaired) electrons. The van der Waals surface area contributed by atoms with Gasteiger partial charge in [0.05, 0.1) is 18.1 Å². The highest BCUT2D eigenvalue weighted by molar-refractivity contribution is 5.77. The van der Waals surface area contributed by atoms with Crippen LogP contribution in [0.25, 0.3) is 0 Å². The normalized spacial score (nSPS) is 18.6. The summed E-state index contributed by atoms with van der Waals surface area (Å²) in [5, 5.41) is 16.8. The lowest BCUT2D eigenvalue weighted by atomic mass is 10.1. The van der Waals surface area contributed by atoms with Gasteiger partial charge in [0.15, 0.2) is 0 Å². The van der Waals surface area contributed by atoms with Gasteiger partial charge >= 0.3 is 0 Å². The molecule has 1 amide bonds. The number of ether oxygens (including phenoxy) is 1. The van der Waals surface area contributed by atoms with Crippen molar-refractivity contribution in [2.75, 3.05) is 19.0 Å². The Morgan fingerprint density at radius 2 is 2.32 bits per heavy atom. The fraction of sp³-hybridized carbons (Fsp3) is 0.417. The topological polar surface area (TPSA) is 93.5 Å². The highest BCUT2D eigenvalue weighted by atomic mass is 16.6. The number of carbonyl (C=O) groups excluding carboxylic acids is 1. The number of rotatable bonds is 4. The van der Waals surface area contributed by atoms with Crippen molar-refractivity contribution in [3.8, 4) is 5.75 Å². The third-order valence-electron chi connectivity index (χ3n) is 3.03. The van der Waals surface area contributed by atoms with E-state index in [2.05, 4.69) is 10.6 Å². The number of amides is 1. The highest BCUT2D eigenvalue weighted by Crippen LogP contribution is 2.30. The Kier molecular flexibility index (Phi) is 3.84. The van der Waals surface area contributed by atoms with Gasteiger partial charge < -0.3 is 15.4 Å². The van der Waals surface area contributed by atoms with Crippen molar-refractivity contribution in [3.05, 3.63) is 28.3 Å². The smallest absolute Gasteiger partial charge is 0.296 e. The van der Waals surface area contributed by atoms with Crippen LogP contribution >= 0.6 is 0 Å². The minimum Gasteiger partial charge on any atom is -0.496 e. The second-order valence-corrected chi connectivity index (χ2v) is 4.32. The van der Waals surface area contributed by atoms with Gasteiger partial charge in [0.1, 0.15) is 11.4 Å². The van der Waals surface area contributed by atoms with E-state index in [1.54, 1.807) is 12.1 Å². The first-order chi connectivity index (χ1) is 9.10. The molecule has 0 spiro atoms. The van der Waals surface area contributed by atoms with Crippen LogP contribution in [0.15, 0.2) is 18.2 Å². The van der Waals surface area contributed by atoms with Crippen molar-refractivity contribution in [1.29, 1.82) is 0 Å². The number of carbonyl (C=O) groups is 1. The lowest BCUT2D eigenvalue weighted by Crippen LogP contribution is -2.41. The van der Waals surface area contributed by atoms with Crippen molar-refractivity contribution in [3.63, 3.8) is 0 Å². The van der Waals surface area contributed by atoms with E-state index in [0.717, 1.165) is 0 Å². The van der Waals surface area contributed by atoms with Crippen molar-refractivity contribution in [2.45, 2.75) is 18.9 Å². The first-order valence-electron chi connectivity index (χ1n) is 5.96. The Balaban J connectivity index is 2.15. The van der Waals surface area contributed by atoms with Crippen LogP contribution in [-0.4, -0.2) is 30.5 Å². The van der Waals surface area contributed by atoms with Crippen molar-refractivity contribution in [1.82, 2.24) is 5.32 Å². The Hall–Kier alpha value is -2.31. The third kappa shape index (κ3) is 3.12. The number of nitro benzene ring substituents is 1. The monoisotopic (exact) mass is 265 g/mol. The molecule has 1 aromatic carbocycles. The summed E-state index contributed by atoms with van der Waals surface area (Å²) >= 11 is 0. The number of piperidine rings is 1. The van der Waals surface area contributed by atoms with Crippen molar-refractivity contribution in [2.24, 2.45) is 0 Å². The van der Waals surface area contributed by atoms with Crippen LogP contribution in [0.3, 0.4) is 0 Å². The Labute approximate surface area is 110 Å². The molecular weight excluding hydrogens is 250 g/mol. The summed E-state index contributed by atoms with van der Waals surface area (Å²) in [7, 11) is 1.46. The minimum atomic E-state index is -0.452. The summed E-state index contributed by atoms with van der Waals surface area (Å²) < 4.78 is 4.97. The lowest BCUT2D eigenvalue weighted by molar-refractivity contribution is -0.384. The number of benzene rings is 1. The van der Waals surface area contributed by atoms with Crippen LogP contribution in [-0.2, 0) is 4.79 Å². The summed E-state index contributed by atoms with van der Waals surface area (Å²) in [4.78, 5) is 21.6. The molecule has 102 valence electrons. The molecule has 2 N–H and O–H groups in total. The Morgan fingerprint density at radius 3 is 2.89 bits per heavy atom. The molecule has 2 rings (SSSR count). The molecule has 0 saturated carbocycles. The Morgan fingerprint density at radius 1 is 1.53 bits per heavy atom. The maximum Gasteiger partial charge on any atom is 0.296 e. The largest absolute Gasteiger partial charge is 0.496 e. The van der Waals surface area contributed by atoms with E-state index in [4.69, 9.17) is 4.74 Å². The molecule has 1 saturated heterocycles. The molecule has 1 aliphatic heterocycles. The molecule has 1 atom stereocenters. The van der Waals surface area contributed by atoms with E-state index in [9.17, 15) is 14.9 Å². The molecule has 1 heterocycles. The van der Waals surface area contributed by atoms with Gasteiger partial charge in [0.25, 0.3) is 5.69 Å². The van der Waals surface area contributed by atoms with Gasteiger partial charge in [-0.3, -0.25) is 14.9 Å². The van der Waals surface area contributed by atoms with Crippen LogP contribution in [0, 0.1) is 10.1 Å². The maximum atomic E-state index is 11.1. The number of hydrogen-bond donors (Lipinski definition) is 2. The zero-order valence-electron chi connectivity index (χ0n) is 10.5. The molecule has 1 aliphatic rings. The van der Waals surface area contributed by atoms with Gasteiger partial charge in [-0.2, -0.15) is 0 Å². The average molecular weight is 265 g/mol. The van der Waals surface area contributed by atoms with E-state index in [0.29, 0.717) is 30.8 Å². The van der Waals surface area contributed by atoms with Gasteiger partial charge in [-0.05, 0) is 18.6 Å². The molecule has 0 aromatic heterocycles.